The highest BCUT2D eigenvalue weighted by Crippen LogP contribution is 2.17. The first-order valence-electron chi connectivity index (χ1n) is 4.03. The smallest absolute Gasteiger partial charge is 0.0944 e. The van der Waals surface area contributed by atoms with Gasteiger partial charge in [-0.25, -0.2) is 0 Å². The van der Waals surface area contributed by atoms with Gasteiger partial charge in [0.25, 0.3) is 0 Å². The van der Waals surface area contributed by atoms with Gasteiger partial charge >= 0.3 is 0 Å². The molecule has 1 aromatic carbocycles. The molecule has 1 aromatic rings. The molecule has 2 rings (SSSR count). The molecule has 2 heteroatoms. The molecule has 0 N–H and O–H groups in total. The van der Waals surface area contributed by atoms with E-state index in [1.165, 1.54) is 5.56 Å². The highest BCUT2D eigenvalue weighted by molar-refractivity contribution is 6.16. The summed E-state index contributed by atoms with van der Waals surface area (Å²) in [4.78, 5) is 8.49. The van der Waals surface area contributed by atoms with Crippen molar-refractivity contribution in [1.82, 2.24) is 0 Å². The van der Waals surface area contributed by atoms with Crippen LogP contribution in [0, 0.1) is 0 Å². The summed E-state index contributed by atoms with van der Waals surface area (Å²) >= 11 is 0. The first-order chi connectivity index (χ1) is 5.97. The van der Waals surface area contributed by atoms with E-state index in [1.807, 2.05) is 18.2 Å². The Bertz CT molecular complexity index is 301. The molecule has 1 heterocycles. The maximum Gasteiger partial charge on any atom is 0.0944 e. The fraction of sp³-hybridized carbons (Fsp3) is 0.200. The monoisotopic (exact) mass is 158 g/mol. The van der Waals surface area contributed by atoms with Crippen LogP contribution >= 0.6 is 0 Å². The van der Waals surface area contributed by atoms with Crippen molar-refractivity contribution in [2.75, 3.05) is 6.54 Å². The standard InChI is InChI=1S/C10H10N2/c1-2-4-9(5-3-1)10-8-11-6-7-12-10/h1-7,10H,8H2. The van der Waals surface area contributed by atoms with Crippen molar-refractivity contribution in [3.05, 3.63) is 35.9 Å². The summed E-state index contributed by atoms with van der Waals surface area (Å²) in [6.45, 7) is 0.778. The molecule has 0 saturated heterocycles. The molecule has 1 unspecified atom stereocenters. The van der Waals surface area contributed by atoms with Crippen LogP contribution in [0.5, 0.6) is 0 Å². The summed E-state index contributed by atoms with van der Waals surface area (Å²) in [6.07, 6.45) is 3.51. The Morgan fingerprint density at radius 2 is 1.92 bits per heavy atom. The Hall–Kier alpha value is -1.44. The van der Waals surface area contributed by atoms with Crippen LogP contribution in [0.2, 0.25) is 0 Å². The normalized spacial score (nSPS) is 21.2. The Kier molecular flexibility index (Phi) is 1.99. The lowest BCUT2D eigenvalue weighted by Gasteiger charge is -2.11. The van der Waals surface area contributed by atoms with Gasteiger partial charge in [0.15, 0.2) is 0 Å². The van der Waals surface area contributed by atoms with E-state index in [0.717, 1.165) is 6.54 Å². The Morgan fingerprint density at radius 1 is 1.08 bits per heavy atom. The summed E-state index contributed by atoms with van der Waals surface area (Å²) < 4.78 is 0. The van der Waals surface area contributed by atoms with Gasteiger partial charge in [0.05, 0.1) is 12.6 Å². The van der Waals surface area contributed by atoms with E-state index in [4.69, 9.17) is 0 Å². The second kappa shape index (κ2) is 3.30. The summed E-state index contributed by atoms with van der Waals surface area (Å²) in [7, 11) is 0. The van der Waals surface area contributed by atoms with Crippen LogP contribution in [0.15, 0.2) is 40.3 Å². The topological polar surface area (TPSA) is 24.7 Å². The largest absolute Gasteiger partial charge is 0.289 e. The molecule has 0 radical (unpaired) electrons. The lowest BCUT2D eigenvalue weighted by molar-refractivity contribution is 0.741. The molecule has 0 saturated carbocycles. The molecule has 60 valence electrons. The maximum atomic E-state index is 4.33. The summed E-state index contributed by atoms with van der Waals surface area (Å²) in [5, 5.41) is 0. The quantitative estimate of drug-likeness (QED) is 0.596. The maximum absolute atomic E-state index is 4.33. The van der Waals surface area contributed by atoms with Crippen molar-refractivity contribution in [2.24, 2.45) is 9.98 Å². The molecule has 0 fully saturated rings. The van der Waals surface area contributed by atoms with Crippen molar-refractivity contribution in [2.45, 2.75) is 6.04 Å². The van der Waals surface area contributed by atoms with Gasteiger partial charge in [-0.2, -0.15) is 0 Å². The van der Waals surface area contributed by atoms with Crippen LogP contribution in [0.3, 0.4) is 0 Å². The third-order valence-electron chi connectivity index (χ3n) is 1.90. The summed E-state index contributed by atoms with van der Waals surface area (Å²) in [5.74, 6) is 0. The number of rotatable bonds is 1. The van der Waals surface area contributed by atoms with E-state index >= 15 is 0 Å². The van der Waals surface area contributed by atoms with E-state index in [-0.39, 0.29) is 6.04 Å². The van der Waals surface area contributed by atoms with Gasteiger partial charge in [-0.3, -0.25) is 9.98 Å². The summed E-state index contributed by atoms with van der Waals surface area (Å²) in [5.41, 5.74) is 1.24. The Morgan fingerprint density at radius 3 is 2.58 bits per heavy atom. The minimum absolute atomic E-state index is 0.233. The summed E-state index contributed by atoms with van der Waals surface area (Å²) in [6, 6.07) is 10.5. The van der Waals surface area contributed by atoms with E-state index in [2.05, 4.69) is 22.1 Å². The lowest BCUT2D eigenvalue weighted by Crippen LogP contribution is -2.04. The van der Waals surface area contributed by atoms with Crippen LogP contribution in [0.1, 0.15) is 11.6 Å². The molecule has 1 atom stereocenters. The second-order valence-corrected chi connectivity index (χ2v) is 2.74. The van der Waals surface area contributed by atoms with Gasteiger partial charge in [0.1, 0.15) is 0 Å². The second-order valence-electron chi connectivity index (χ2n) is 2.74. The van der Waals surface area contributed by atoms with Gasteiger partial charge in [-0.05, 0) is 5.56 Å². The average Bonchev–Trinajstić information content (AvgIpc) is 2.21. The first-order valence-corrected chi connectivity index (χ1v) is 4.03. The van der Waals surface area contributed by atoms with E-state index < -0.39 is 0 Å². The molecular formula is C10H10N2. The van der Waals surface area contributed by atoms with Crippen LogP contribution < -0.4 is 0 Å². The van der Waals surface area contributed by atoms with Gasteiger partial charge in [0.2, 0.25) is 0 Å². The van der Waals surface area contributed by atoms with Crippen LogP contribution in [-0.4, -0.2) is 19.0 Å². The van der Waals surface area contributed by atoms with Crippen molar-refractivity contribution in [3.8, 4) is 0 Å². The van der Waals surface area contributed by atoms with Crippen LogP contribution in [-0.2, 0) is 0 Å². The molecule has 0 aliphatic carbocycles. The highest BCUT2D eigenvalue weighted by Gasteiger charge is 2.08. The van der Waals surface area contributed by atoms with Gasteiger partial charge in [-0.15, -0.1) is 0 Å². The van der Waals surface area contributed by atoms with Crippen molar-refractivity contribution in [1.29, 1.82) is 0 Å². The molecule has 1 aliphatic rings. The SMILES string of the molecule is C1=NCC(c2ccccc2)N=C1. The fourth-order valence-electron chi connectivity index (χ4n) is 1.26. The van der Waals surface area contributed by atoms with Gasteiger partial charge in [0, 0.05) is 12.4 Å². The molecule has 0 spiro atoms. The number of aliphatic imine (C=N–C) groups is 2. The van der Waals surface area contributed by atoms with E-state index in [9.17, 15) is 0 Å². The zero-order valence-corrected chi connectivity index (χ0v) is 6.72. The Labute approximate surface area is 71.7 Å². The Balaban J connectivity index is 2.21. The minimum atomic E-state index is 0.233. The minimum Gasteiger partial charge on any atom is -0.289 e. The predicted octanol–water partition coefficient (Wildman–Crippen LogP) is 1.88. The molecule has 12 heavy (non-hydrogen) atoms. The van der Waals surface area contributed by atoms with E-state index in [1.54, 1.807) is 12.4 Å². The number of hydrogen-bond donors (Lipinski definition) is 0. The van der Waals surface area contributed by atoms with E-state index in [0.29, 0.717) is 0 Å². The molecule has 0 amide bonds. The zero-order valence-electron chi connectivity index (χ0n) is 6.72. The molecule has 0 aromatic heterocycles. The highest BCUT2D eigenvalue weighted by atomic mass is 14.9. The van der Waals surface area contributed by atoms with Crippen LogP contribution in [0.25, 0.3) is 0 Å². The molecule has 1 aliphatic heterocycles. The van der Waals surface area contributed by atoms with Gasteiger partial charge in [-0.1, -0.05) is 30.3 Å². The third-order valence-corrected chi connectivity index (χ3v) is 1.90. The first kappa shape index (κ1) is 7.22. The predicted molar refractivity (Wildman–Crippen MR) is 51.0 cm³/mol. The molecular weight excluding hydrogens is 148 g/mol. The average molecular weight is 158 g/mol. The number of hydrogen-bond acceptors (Lipinski definition) is 2. The number of benzene rings is 1. The van der Waals surface area contributed by atoms with Crippen molar-refractivity contribution < 1.29 is 0 Å². The van der Waals surface area contributed by atoms with Crippen LogP contribution in [0.4, 0.5) is 0 Å². The van der Waals surface area contributed by atoms with Crippen molar-refractivity contribution >= 4 is 12.4 Å². The zero-order chi connectivity index (χ0) is 8.23. The number of nitrogens with zero attached hydrogens (tertiary/aromatic N) is 2. The lowest BCUT2D eigenvalue weighted by atomic mass is 10.1. The van der Waals surface area contributed by atoms with Crippen molar-refractivity contribution in [3.63, 3.8) is 0 Å². The third kappa shape index (κ3) is 1.42. The fourth-order valence-corrected chi connectivity index (χ4v) is 1.26. The molecule has 0 bridgehead atoms. The van der Waals surface area contributed by atoms with Gasteiger partial charge < -0.3 is 0 Å². The molecule has 2 nitrogen and oxygen atoms in total.